The van der Waals surface area contributed by atoms with Gasteiger partial charge in [-0.25, -0.2) is 0 Å². The third-order valence-corrected chi connectivity index (χ3v) is 8.89. The summed E-state index contributed by atoms with van der Waals surface area (Å²) in [5.74, 6) is 2.55. The summed E-state index contributed by atoms with van der Waals surface area (Å²) in [6.07, 6.45) is 14.8. The van der Waals surface area contributed by atoms with Crippen molar-refractivity contribution in [1.29, 1.82) is 0 Å². The first-order chi connectivity index (χ1) is 12.1. The molecular weight excluding hydrogens is 352 g/mol. The number of thioether (sulfide) groups is 1. The molecule has 5 atom stereocenters. The van der Waals surface area contributed by atoms with Crippen molar-refractivity contribution in [2.75, 3.05) is 11.5 Å². The highest BCUT2D eigenvalue weighted by atomic mass is 32.2. The highest BCUT2D eigenvalue weighted by Crippen LogP contribution is 2.55. The first-order valence-corrected chi connectivity index (χ1v) is 12.4. The molecule has 2 rings (SSSR count). The maximum Gasteiger partial charge on any atom is 0.303 e. The molecule has 2 saturated heterocycles. The molecule has 0 aromatic carbocycles. The topological polar surface area (TPSA) is 54.4 Å². The second-order valence-corrected chi connectivity index (χ2v) is 10.6. The number of hydrogen-bond donors (Lipinski definition) is 1. The Bertz CT molecular complexity index is 464. The number of carboxylic acids is 1. The van der Waals surface area contributed by atoms with E-state index in [9.17, 15) is 9.00 Å². The highest BCUT2D eigenvalue weighted by Gasteiger charge is 2.47. The van der Waals surface area contributed by atoms with Crippen LogP contribution in [0.25, 0.3) is 0 Å². The van der Waals surface area contributed by atoms with Gasteiger partial charge in [-0.1, -0.05) is 31.9 Å². The molecule has 3 nitrogen and oxygen atoms in total. The molecule has 2 fully saturated rings. The van der Waals surface area contributed by atoms with Crippen molar-refractivity contribution in [3.63, 3.8) is 0 Å². The maximum absolute atomic E-state index is 12.2. The van der Waals surface area contributed by atoms with Crippen LogP contribution in [0.3, 0.4) is 0 Å². The van der Waals surface area contributed by atoms with Gasteiger partial charge in [0.2, 0.25) is 0 Å². The fourth-order valence-electron chi connectivity index (χ4n) is 4.22. The molecule has 2 bridgehead atoms. The summed E-state index contributed by atoms with van der Waals surface area (Å²) in [6.45, 7) is 2.19. The molecule has 0 aromatic heterocycles. The first kappa shape index (κ1) is 21.0. The Morgan fingerprint density at radius 3 is 2.60 bits per heavy atom. The fraction of sp³-hybridized carbons (Fsp3) is 0.850. The maximum atomic E-state index is 12.2. The van der Waals surface area contributed by atoms with E-state index in [2.05, 4.69) is 30.8 Å². The Balaban J connectivity index is 1.72. The van der Waals surface area contributed by atoms with Crippen molar-refractivity contribution in [1.82, 2.24) is 0 Å². The van der Waals surface area contributed by atoms with E-state index in [4.69, 9.17) is 5.11 Å². The lowest BCUT2D eigenvalue weighted by Crippen LogP contribution is -2.28. The zero-order valence-corrected chi connectivity index (χ0v) is 17.2. The Morgan fingerprint density at radius 2 is 1.88 bits per heavy atom. The largest absolute Gasteiger partial charge is 0.481 e. The minimum atomic E-state index is -0.704. The van der Waals surface area contributed by atoms with Gasteiger partial charge in [-0.2, -0.15) is 11.8 Å². The van der Waals surface area contributed by atoms with Gasteiger partial charge in [-0.05, 0) is 56.8 Å². The van der Waals surface area contributed by atoms with Gasteiger partial charge in [-0.15, -0.1) is 0 Å². The van der Waals surface area contributed by atoms with Crippen molar-refractivity contribution in [2.24, 2.45) is 11.8 Å². The number of allylic oxidation sites excluding steroid dienone is 2. The molecule has 0 aromatic rings. The molecule has 0 radical (unpaired) electrons. The van der Waals surface area contributed by atoms with E-state index in [0.29, 0.717) is 0 Å². The number of rotatable bonds is 13. The van der Waals surface area contributed by atoms with Gasteiger partial charge in [0.25, 0.3) is 0 Å². The van der Waals surface area contributed by atoms with Crippen LogP contribution >= 0.6 is 11.8 Å². The van der Waals surface area contributed by atoms with E-state index in [1.807, 2.05) is 0 Å². The third-order valence-electron chi connectivity index (χ3n) is 5.58. The lowest BCUT2D eigenvalue weighted by Gasteiger charge is -2.29. The average molecular weight is 387 g/mol. The number of carbonyl (C=O) groups is 1. The van der Waals surface area contributed by atoms with Gasteiger partial charge in [0, 0.05) is 39.2 Å². The predicted octanol–water partition coefficient (Wildman–Crippen LogP) is 5.03. The van der Waals surface area contributed by atoms with Gasteiger partial charge < -0.3 is 5.11 Å². The van der Waals surface area contributed by atoms with Crippen LogP contribution in [0.15, 0.2) is 12.2 Å². The lowest BCUT2D eigenvalue weighted by atomic mass is 9.76. The SMILES string of the molecule is CCCCCS(=O)CC[C@H]1[C@@H](C/C=C\CCCC(=O)O)[C@H]2CC[C@@H]1S2. The molecule has 0 spiro atoms. The molecule has 25 heavy (non-hydrogen) atoms. The van der Waals surface area contributed by atoms with Crippen molar-refractivity contribution < 1.29 is 14.1 Å². The highest BCUT2D eigenvalue weighted by molar-refractivity contribution is 8.01. The Kier molecular flexibility index (Phi) is 9.61. The molecule has 0 amide bonds. The second-order valence-electron chi connectivity index (χ2n) is 7.45. The lowest BCUT2D eigenvalue weighted by molar-refractivity contribution is -0.137. The zero-order valence-electron chi connectivity index (χ0n) is 15.5. The number of unbranched alkanes of at least 4 members (excludes halogenated alkanes) is 3. The van der Waals surface area contributed by atoms with E-state index in [-0.39, 0.29) is 6.42 Å². The summed E-state index contributed by atoms with van der Waals surface area (Å²) in [6, 6.07) is 0. The van der Waals surface area contributed by atoms with Gasteiger partial charge in [0.15, 0.2) is 0 Å². The Morgan fingerprint density at radius 1 is 1.12 bits per heavy atom. The van der Waals surface area contributed by atoms with E-state index in [1.165, 1.54) is 25.7 Å². The normalized spacial score (nSPS) is 29.5. The summed E-state index contributed by atoms with van der Waals surface area (Å²) in [5.41, 5.74) is 0. The van der Waals surface area contributed by atoms with E-state index in [0.717, 1.165) is 65.9 Å². The first-order valence-electron chi connectivity index (χ1n) is 9.99. The molecule has 144 valence electrons. The van der Waals surface area contributed by atoms with E-state index >= 15 is 0 Å². The zero-order chi connectivity index (χ0) is 18.1. The van der Waals surface area contributed by atoms with Crippen LogP contribution in [0.1, 0.15) is 71.1 Å². The molecule has 0 saturated carbocycles. The Labute approximate surface area is 159 Å². The molecule has 5 heteroatoms. The average Bonchev–Trinajstić information content (AvgIpc) is 3.17. The van der Waals surface area contributed by atoms with Crippen LogP contribution in [0.5, 0.6) is 0 Å². The third kappa shape index (κ3) is 7.09. The van der Waals surface area contributed by atoms with Crippen molar-refractivity contribution in [3.05, 3.63) is 12.2 Å². The minimum Gasteiger partial charge on any atom is -0.481 e. The van der Waals surface area contributed by atoms with Crippen LogP contribution in [0, 0.1) is 11.8 Å². The Hall–Kier alpha value is -0.290. The predicted molar refractivity (Wildman–Crippen MR) is 109 cm³/mol. The van der Waals surface area contributed by atoms with Crippen molar-refractivity contribution >= 4 is 28.5 Å². The number of hydrogen-bond acceptors (Lipinski definition) is 3. The van der Waals surface area contributed by atoms with Gasteiger partial charge >= 0.3 is 5.97 Å². The quantitative estimate of drug-likeness (QED) is 0.356. The van der Waals surface area contributed by atoms with Crippen LogP contribution in [0.2, 0.25) is 0 Å². The van der Waals surface area contributed by atoms with Crippen LogP contribution in [0.4, 0.5) is 0 Å². The van der Waals surface area contributed by atoms with Gasteiger partial charge in [0.1, 0.15) is 0 Å². The molecule has 2 heterocycles. The monoisotopic (exact) mass is 386 g/mol. The van der Waals surface area contributed by atoms with Gasteiger partial charge in [0.05, 0.1) is 0 Å². The molecule has 1 unspecified atom stereocenters. The molecule has 0 aliphatic carbocycles. The standard InChI is InChI=1S/C20H34O3S2/c1-2-3-8-14-25(23)15-13-17-16(18-11-12-19(17)24-18)9-6-4-5-7-10-20(21)22/h4,6,16-19H,2-3,5,7-15H2,1H3,(H,21,22)/b6-4-/t16-,17+,18-,19+,25?/m1/s1. The second kappa shape index (κ2) is 11.4. The minimum absolute atomic E-state index is 0.265. The smallest absolute Gasteiger partial charge is 0.303 e. The van der Waals surface area contributed by atoms with Crippen LogP contribution < -0.4 is 0 Å². The van der Waals surface area contributed by atoms with Crippen molar-refractivity contribution in [3.8, 4) is 0 Å². The molecule has 2 aliphatic heterocycles. The number of fused-ring (bicyclic) bond motifs is 2. The summed E-state index contributed by atoms with van der Waals surface area (Å²) < 4.78 is 12.2. The van der Waals surface area contributed by atoms with Gasteiger partial charge in [-0.3, -0.25) is 9.00 Å². The van der Waals surface area contributed by atoms with Crippen LogP contribution in [-0.4, -0.2) is 37.3 Å². The van der Waals surface area contributed by atoms with E-state index < -0.39 is 16.8 Å². The van der Waals surface area contributed by atoms with E-state index in [1.54, 1.807) is 0 Å². The van der Waals surface area contributed by atoms with Crippen LogP contribution in [-0.2, 0) is 15.6 Å². The summed E-state index contributed by atoms with van der Waals surface area (Å²) in [7, 11) is -0.632. The number of aliphatic carboxylic acids is 1. The molecular formula is C20H34O3S2. The summed E-state index contributed by atoms with van der Waals surface area (Å²) in [4.78, 5) is 10.5. The molecule has 1 N–H and O–H groups in total. The fourth-order valence-corrected chi connectivity index (χ4v) is 7.54. The number of carboxylic acid groups (broad SMARTS) is 1. The molecule has 2 aliphatic rings. The summed E-state index contributed by atoms with van der Waals surface area (Å²) >= 11 is 2.18. The van der Waals surface area contributed by atoms with Crippen molar-refractivity contribution in [2.45, 2.75) is 81.6 Å². The summed E-state index contributed by atoms with van der Waals surface area (Å²) in [5, 5.41) is 10.3.